The summed E-state index contributed by atoms with van der Waals surface area (Å²) in [6, 6.07) is 9.08. The number of hydrogen-bond acceptors (Lipinski definition) is 2. The topological polar surface area (TPSA) is 42.2 Å². The van der Waals surface area contributed by atoms with Crippen molar-refractivity contribution in [1.29, 1.82) is 0 Å². The minimum absolute atomic E-state index is 0.178. The zero-order valence-corrected chi connectivity index (χ0v) is 10.1. The van der Waals surface area contributed by atoms with Gasteiger partial charge in [0.2, 0.25) is 0 Å². The van der Waals surface area contributed by atoms with Crippen LogP contribution in [0.15, 0.2) is 41.0 Å². The van der Waals surface area contributed by atoms with Crippen LogP contribution in [0.2, 0.25) is 0 Å². The summed E-state index contributed by atoms with van der Waals surface area (Å²) in [7, 11) is 0. The van der Waals surface area contributed by atoms with Gasteiger partial charge in [0.15, 0.2) is 0 Å². The first-order chi connectivity index (χ1) is 8.20. The molecule has 0 fully saturated rings. The molecule has 0 aliphatic heterocycles. The molecule has 17 heavy (non-hydrogen) atoms. The van der Waals surface area contributed by atoms with Crippen LogP contribution in [-0.2, 0) is 5.88 Å². The molecule has 4 heteroatoms. The Bertz CT molecular complexity index is 534. The average molecular weight is 250 g/mol. The van der Waals surface area contributed by atoms with Crippen LogP contribution in [0.5, 0.6) is 0 Å². The van der Waals surface area contributed by atoms with Gasteiger partial charge in [0.1, 0.15) is 5.76 Å². The van der Waals surface area contributed by atoms with Gasteiger partial charge in [-0.05, 0) is 30.7 Å². The molecule has 1 N–H and O–H groups in total. The molecule has 0 bridgehead atoms. The van der Waals surface area contributed by atoms with E-state index in [0.717, 1.165) is 11.3 Å². The number of hydrogen-bond donors (Lipinski definition) is 1. The number of aryl methyl sites for hydroxylation is 1. The SMILES string of the molecule is Cc1occc1C(=O)Nc1cccc(CCl)c1. The molecule has 3 nitrogen and oxygen atoms in total. The van der Waals surface area contributed by atoms with Crippen LogP contribution in [0.25, 0.3) is 0 Å². The maximum Gasteiger partial charge on any atom is 0.259 e. The van der Waals surface area contributed by atoms with Gasteiger partial charge in [-0.3, -0.25) is 4.79 Å². The van der Waals surface area contributed by atoms with Crippen LogP contribution in [0, 0.1) is 6.92 Å². The second kappa shape index (κ2) is 5.06. The monoisotopic (exact) mass is 249 g/mol. The van der Waals surface area contributed by atoms with Gasteiger partial charge in [0, 0.05) is 11.6 Å². The Labute approximate surface area is 104 Å². The van der Waals surface area contributed by atoms with Crippen LogP contribution in [-0.4, -0.2) is 5.91 Å². The average Bonchev–Trinajstić information content (AvgIpc) is 2.76. The van der Waals surface area contributed by atoms with Crippen molar-refractivity contribution in [3.8, 4) is 0 Å². The summed E-state index contributed by atoms with van der Waals surface area (Å²) in [4.78, 5) is 11.9. The summed E-state index contributed by atoms with van der Waals surface area (Å²) in [5, 5.41) is 2.80. The Morgan fingerprint density at radius 1 is 1.41 bits per heavy atom. The lowest BCUT2D eigenvalue weighted by atomic mass is 10.2. The Morgan fingerprint density at radius 2 is 2.24 bits per heavy atom. The van der Waals surface area contributed by atoms with E-state index < -0.39 is 0 Å². The first-order valence-corrected chi connectivity index (χ1v) is 5.74. The van der Waals surface area contributed by atoms with Crippen molar-refractivity contribution in [3.63, 3.8) is 0 Å². The van der Waals surface area contributed by atoms with Gasteiger partial charge in [-0.25, -0.2) is 0 Å². The second-order valence-corrected chi connectivity index (χ2v) is 3.95. The zero-order valence-electron chi connectivity index (χ0n) is 9.37. The summed E-state index contributed by atoms with van der Waals surface area (Å²) >= 11 is 5.73. The van der Waals surface area contributed by atoms with E-state index in [0.29, 0.717) is 17.2 Å². The van der Waals surface area contributed by atoms with Gasteiger partial charge in [0.25, 0.3) is 5.91 Å². The number of nitrogens with one attached hydrogen (secondary N) is 1. The number of carbonyl (C=O) groups excluding carboxylic acids is 1. The van der Waals surface area contributed by atoms with Crippen LogP contribution in [0.1, 0.15) is 21.7 Å². The number of benzene rings is 1. The molecule has 0 saturated heterocycles. The van der Waals surface area contributed by atoms with Crippen LogP contribution in [0.3, 0.4) is 0 Å². The largest absolute Gasteiger partial charge is 0.469 e. The molecule has 88 valence electrons. The van der Waals surface area contributed by atoms with E-state index in [1.807, 2.05) is 24.3 Å². The predicted octanol–water partition coefficient (Wildman–Crippen LogP) is 3.58. The quantitative estimate of drug-likeness (QED) is 0.845. The summed E-state index contributed by atoms with van der Waals surface area (Å²) in [6.07, 6.45) is 1.50. The Balaban J connectivity index is 2.16. The molecule has 1 amide bonds. The second-order valence-electron chi connectivity index (χ2n) is 3.68. The van der Waals surface area contributed by atoms with Crippen molar-refractivity contribution < 1.29 is 9.21 Å². The molecule has 0 atom stereocenters. The summed E-state index contributed by atoms with van der Waals surface area (Å²) in [6.45, 7) is 1.75. The summed E-state index contributed by atoms with van der Waals surface area (Å²) in [5.74, 6) is 0.855. The molecule has 1 aromatic heterocycles. The van der Waals surface area contributed by atoms with Gasteiger partial charge in [-0.2, -0.15) is 0 Å². The van der Waals surface area contributed by atoms with Gasteiger partial charge in [0.05, 0.1) is 11.8 Å². The molecule has 0 aliphatic carbocycles. The molecule has 0 saturated carbocycles. The van der Waals surface area contributed by atoms with Crippen molar-refractivity contribution in [1.82, 2.24) is 0 Å². The molecule has 0 unspecified atom stereocenters. The van der Waals surface area contributed by atoms with Crippen molar-refractivity contribution in [2.24, 2.45) is 0 Å². The number of alkyl halides is 1. The Morgan fingerprint density at radius 3 is 2.88 bits per heavy atom. The number of amides is 1. The fraction of sp³-hybridized carbons (Fsp3) is 0.154. The van der Waals surface area contributed by atoms with Crippen molar-refractivity contribution in [3.05, 3.63) is 53.5 Å². The van der Waals surface area contributed by atoms with Crippen LogP contribution in [0.4, 0.5) is 5.69 Å². The van der Waals surface area contributed by atoms with Gasteiger partial charge in [-0.1, -0.05) is 12.1 Å². The Kier molecular flexibility index (Phi) is 3.49. The predicted molar refractivity (Wildman–Crippen MR) is 67.4 cm³/mol. The smallest absolute Gasteiger partial charge is 0.259 e. The highest BCUT2D eigenvalue weighted by molar-refractivity contribution is 6.17. The van der Waals surface area contributed by atoms with Gasteiger partial charge >= 0.3 is 0 Å². The molecule has 2 aromatic rings. The van der Waals surface area contributed by atoms with Crippen molar-refractivity contribution >= 4 is 23.2 Å². The fourth-order valence-electron chi connectivity index (χ4n) is 1.55. The molecule has 1 aromatic carbocycles. The molecule has 0 radical (unpaired) electrons. The summed E-state index contributed by atoms with van der Waals surface area (Å²) < 4.78 is 5.09. The highest BCUT2D eigenvalue weighted by Gasteiger charge is 2.11. The summed E-state index contributed by atoms with van der Waals surface area (Å²) in [5.41, 5.74) is 2.24. The van der Waals surface area contributed by atoms with E-state index in [9.17, 15) is 4.79 Å². The third-order valence-electron chi connectivity index (χ3n) is 2.44. The molecule has 1 heterocycles. The molecular weight excluding hydrogens is 238 g/mol. The number of anilines is 1. The lowest BCUT2D eigenvalue weighted by molar-refractivity contribution is 0.102. The number of rotatable bonds is 3. The van der Waals surface area contributed by atoms with Crippen LogP contribution >= 0.6 is 11.6 Å². The maximum absolute atomic E-state index is 11.9. The first kappa shape index (κ1) is 11.7. The van der Waals surface area contributed by atoms with Crippen molar-refractivity contribution in [2.45, 2.75) is 12.8 Å². The number of furan rings is 1. The van der Waals surface area contributed by atoms with Gasteiger partial charge in [-0.15, -0.1) is 11.6 Å². The standard InChI is InChI=1S/C13H12ClNO2/c1-9-12(5-6-17-9)13(16)15-11-4-2-3-10(7-11)8-14/h2-7H,8H2,1H3,(H,15,16). The Hall–Kier alpha value is -1.74. The maximum atomic E-state index is 11.9. The highest BCUT2D eigenvalue weighted by atomic mass is 35.5. The van der Waals surface area contributed by atoms with Crippen molar-refractivity contribution in [2.75, 3.05) is 5.32 Å². The van der Waals surface area contributed by atoms with Crippen LogP contribution < -0.4 is 5.32 Å². The van der Waals surface area contributed by atoms with E-state index in [1.54, 1.807) is 13.0 Å². The highest BCUT2D eigenvalue weighted by Crippen LogP contribution is 2.15. The van der Waals surface area contributed by atoms with E-state index in [1.165, 1.54) is 6.26 Å². The molecule has 0 aliphatic rings. The molecule has 2 rings (SSSR count). The first-order valence-electron chi connectivity index (χ1n) is 5.21. The number of carbonyl (C=O) groups is 1. The molecular formula is C13H12ClNO2. The van der Waals surface area contributed by atoms with E-state index in [2.05, 4.69) is 5.32 Å². The van der Waals surface area contributed by atoms with E-state index in [-0.39, 0.29) is 5.91 Å². The van der Waals surface area contributed by atoms with E-state index >= 15 is 0 Å². The number of halogens is 1. The third-order valence-corrected chi connectivity index (χ3v) is 2.75. The van der Waals surface area contributed by atoms with E-state index in [4.69, 9.17) is 16.0 Å². The minimum Gasteiger partial charge on any atom is -0.469 e. The lowest BCUT2D eigenvalue weighted by Gasteiger charge is -2.05. The normalized spacial score (nSPS) is 10.2. The fourth-order valence-corrected chi connectivity index (χ4v) is 1.72. The molecule has 0 spiro atoms. The van der Waals surface area contributed by atoms with Gasteiger partial charge < -0.3 is 9.73 Å². The lowest BCUT2D eigenvalue weighted by Crippen LogP contribution is -2.12. The minimum atomic E-state index is -0.178. The third kappa shape index (κ3) is 2.68. The zero-order chi connectivity index (χ0) is 12.3.